The summed E-state index contributed by atoms with van der Waals surface area (Å²) in [6, 6.07) is 0. The Balaban J connectivity index is 2.60. The van der Waals surface area contributed by atoms with Crippen molar-refractivity contribution in [3.63, 3.8) is 0 Å². The van der Waals surface area contributed by atoms with E-state index in [1.54, 1.807) is 6.20 Å². The van der Waals surface area contributed by atoms with Crippen molar-refractivity contribution in [2.24, 2.45) is 0 Å². The van der Waals surface area contributed by atoms with E-state index in [0.717, 1.165) is 10.6 Å². The molecule has 1 rings (SSSR count). The third-order valence-electron chi connectivity index (χ3n) is 2.14. The summed E-state index contributed by atoms with van der Waals surface area (Å²) in [5.41, 5.74) is 0.891. The van der Waals surface area contributed by atoms with E-state index >= 15 is 0 Å². The van der Waals surface area contributed by atoms with E-state index in [0.29, 0.717) is 16.7 Å². The van der Waals surface area contributed by atoms with Gasteiger partial charge in [0.1, 0.15) is 5.03 Å². The molecule has 2 atom stereocenters. The van der Waals surface area contributed by atoms with Gasteiger partial charge in [0.25, 0.3) is 0 Å². The standard InChI is InChI=1S/C11H18N2O4S2/c1-7-2-12-11(19-6-9(17)4-15)13-10(7)18-5-8(16)3-14/h2,8-9,14-17H,3-6H2,1H3. The fourth-order valence-corrected chi connectivity index (χ4v) is 2.75. The highest BCUT2D eigenvalue weighted by Gasteiger charge is 2.10. The second kappa shape index (κ2) is 8.72. The molecule has 4 N–H and O–H groups in total. The Labute approximate surface area is 120 Å². The summed E-state index contributed by atoms with van der Waals surface area (Å²) in [7, 11) is 0. The average molecular weight is 306 g/mol. The van der Waals surface area contributed by atoms with Crippen molar-refractivity contribution >= 4 is 23.5 Å². The van der Waals surface area contributed by atoms with Crippen LogP contribution in [0, 0.1) is 6.92 Å². The first-order valence-corrected chi connectivity index (χ1v) is 7.71. The van der Waals surface area contributed by atoms with Gasteiger partial charge in [-0.05, 0) is 12.5 Å². The number of thioether (sulfide) groups is 2. The topological polar surface area (TPSA) is 107 Å². The summed E-state index contributed by atoms with van der Waals surface area (Å²) in [5.74, 6) is 0.681. The van der Waals surface area contributed by atoms with E-state index in [-0.39, 0.29) is 13.2 Å². The Morgan fingerprint density at radius 3 is 2.26 bits per heavy atom. The second-order valence-corrected chi connectivity index (χ2v) is 5.93. The largest absolute Gasteiger partial charge is 0.394 e. The Morgan fingerprint density at radius 1 is 1.11 bits per heavy atom. The summed E-state index contributed by atoms with van der Waals surface area (Å²) >= 11 is 2.61. The van der Waals surface area contributed by atoms with Gasteiger partial charge in [-0.15, -0.1) is 11.8 Å². The van der Waals surface area contributed by atoms with Gasteiger partial charge in [-0.1, -0.05) is 11.8 Å². The SMILES string of the molecule is Cc1cnc(SCC(O)CO)nc1SCC(O)CO. The molecule has 0 spiro atoms. The van der Waals surface area contributed by atoms with Crippen molar-refractivity contribution in [1.82, 2.24) is 9.97 Å². The molecule has 0 radical (unpaired) electrons. The normalized spacial score (nSPS) is 14.4. The quantitative estimate of drug-likeness (QED) is 0.294. The van der Waals surface area contributed by atoms with E-state index in [1.165, 1.54) is 23.5 Å². The van der Waals surface area contributed by atoms with E-state index < -0.39 is 12.2 Å². The molecule has 1 aromatic heterocycles. The van der Waals surface area contributed by atoms with Gasteiger partial charge >= 0.3 is 0 Å². The Bertz CT molecular complexity index is 395. The Kier molecular flexibility index (Phi) is 7.66. The van der Waals surface area contributed by atoms with Gasteiger partial charge in [-0.25, -0.2) is 9.97 Å². The zero-order chi connectivity index (χ0) is 14.3. The molecule has 0 saturated heterocycles. The van der Waals surface area contributed by atoms with Crippen LogP contribution in [-0.4, -0.2) is 67.3 Å². The van der Waals surface area contributed by atoms with E-state index in [4.69, 9.17) is 10.2 Å². The van der Waals surface area contributed by atoms with Crippen LogP contribution in [0.1, 0.15) is 5.56 Å². The Hall–Kier alpha value is -0.380. The number of aliphatic hydroxyl groups is 4. The molecule has 108 valence electrons. The lowest BCUT2D eigenvalue weighted by Gasteiger charge is -2.10. The van der Waals surface area contributed by atoms with Crippen molar-refractivity contribution < 1.29 is 20.4 Å². The van der Waals surface area contributed by atoms with E-state index in [1.807, 2.05) is 6.92 Å². The number of aromatic nitrogens is 2. The van der Waals surface area contributed by atoms with E-state index in [9.17, 15) is 10.2 Å². The van der Waals surface area contributed by atoms with Crippen LogP contribution in [0.5, 0.6) is 0 Å². The minimum absolute atomic E-state index is 0.276. The third-order valence-corrected chi connectivity index (χ3v) is 4.39. The van der Waals surface area contributed by atoms with Crippen LogP contribution in [0.15, 0.2) is 16.4 Å². The van der Waals surface area contributed by atoms with Crippen molar-refractivity contribution in [3.05, 3.63) is 11.8 Å². The molecule has 2 unspecified atom stereocenters. The first kappa shape index (κ1) is 16.7. The molecule has 0 saturated carbocycles. The molecule has 0 fully saturated rings. The molecule has 0 aromatic carbocycles. The molecule has 0 aliphatic carbocycles. The molecule has 0 aliphatic heterocycles. The summed E-state index contributed by atoms with van der Waals surface area (Å²) in [4.78, 5) is 8.44. The second-order valence-electron chi connectivity index (χ2n) is 3.94. The Morgan fingerprint density at radius 2 is 1.68 bits per heavy atom. The third kappa shape index (κ3) is 6.07. The van der Waals surface area contributed by atoms with Gasteiger partial charge < -0.3 is 20.4 Å². The monoisotopic (exact) mass is 306 g/mol. The lowest BCUT2D eigenvalue weighted by molar-refractivity contribution is 0.113. The van der Waals surface area contributed by atoms with Crippen LogP contribution in [-0.2, 0) is 0 Å². The highest BCUT2D eigenvalue weighted by molar-refractivity contribution is 7.99. The lowest BCUT2D eigenvalue weighted by Crippen LogP contribution is -2.15. The molecule has 1 heterocycles. The van der Waals surface area contributed by atoms with Gasteiger partial charge in [-0.3, -0.25) is 0 Å². The molecule has 8 heteroatoms. The highest BCUT2D eigenvalue weighted by atomic mass is 32.2. The summed E-state index contributed by atoms with van der Waals surface area (Å²) < 4.78 is 0. The maximum absolute atomic E-state index is 9.31. The van der Waals surface area contributed by atoms with Gasteiger partial charge in [0.15, 0.2) is 5.16 Å². The minimum Gasteiger partial charge on any atom is -0.394 e. The molecule has 0 bridgehead atoms. The zero-order valence-electron chi connectivity index (χ0n) is 10.6. The van der Waals surface area contributed by atoms with Gasteiger partial charge in [0, 0.05) is 17.7 Å². The fraction of sp³-hybridized carbons (Fsp3) is 0.636. The summed E-state index contributed by atoms with van der Waals surface area (Å²) in [6.07, 6.45) is 0.114. The first-order chi connectivity index (χ1) is 9.06. The predicted octanol–water partition coefficient (Wildman–Crippen LogP) is -0.324. The average Bonchev–Trinajstić information content (AvgIpc) is 2.44. The zero-order valence-corrected chi connectivity index (χ0v) is 12.2. The van der Waals surface area contributed by atoms with E-state index in [2.05, 4.69) is 9.97 Å². The number of aliphatic hydroxyl groups excluding tert-OH is 4. The van der Waals surface area contributed by atoms with Crippen molar-refractivity contribution in [2.75, 3.05) is 24.7 Å². The lowest BCUT2D eigenvalue weighted by atomic mass is 10.4. The molecular formula is C11H18N2O4S2. The van der Waals surface area contributed by atoms with Crippen LogP contribution in [0.4, 0.5) is 0 Å². The fourth-order valence-electron chi connectivity index (χ4n) is 1.08. The highest BCUT2D eigenvalue weighted by Crippen LogP contribution is 2.23. The van der Waals surface area contributed by atoms with Gasteiger partial charge in [0.2, 0.25) is 0 Å². The molecule has 1 aromatic rings. The van der Waals surface area contributed by atoms with Crippen LogP contribution < -0.4 is 0 Å². The number of rotatable bonds is 8. The predicted molar refractivity (Wildman–Crippen MR) is 74.4 cm³/mol. The van der Waals surface area contributed by atoms with Crippen LogP contribution in [0.25, 0.3) is 0 Å². The molecule has 6 nitrogen and oxygen atoms in total. The van der Waals surface area contributed by atoms with Crippen LogP contribution in [0.3, 0.4) is 0 Å². The van der Waals surface area contributed by atoms with Crippen molar-refractivity contribution in [1.29, 1.82) is 0 Å². The smallest absolute Gasteiger partial charge is 0.188 e. The maximum Gasteiger partial charge on any atom is 0.188 e. The summed E-state index contributed by atoms with van der Waals surface area (Å²) in [6.45, 7) is 1.30. The van der Waals surface area contributed by atoms with Gasteiger partial charge in [-0.2, -0.15) is 0 Å². The van der Waals surface area contributed by atoms with Crippen LogP contribution in [0.2, 0.25) is 0 Å². The number of nitrogens with zero attached hydrogens (tertiary/aromatic N) is 2. The molecular weight excluding hydrogens is 288 g/mol. The molecule has 0 aliphatic rings. The number of aryl methyl sites for hydroxylation is 1. The van der Waals surface area contributed by atoms with Crippen molar-refractivity contribution in [2.45, 2.75) is 29.3 Å². The number of hydrogen-bond acceptors (Lipinski definition) is 8. The van der Waals surface area contributed by atoms with Crippen LogP contribution >= 0.6 is 23.5 Å². The maximum atomic E-state index is 9.31. The number of hydrogen-bond donors (Lipinski definition) is 4. The van der Waals surface area contributed by atoms with Gasteiger partial charge in [0.05, 0.1) is 25.4 Å². The first-order valence-electron chi connectivity index (χ1n) is 5.74. The van der Waals surface area contributed by atoms with Crippen molar-refractivity contribution in [3.8, 4) is 0 Å². The molecule has 19 heavy (non-hydrogen) atoms. The minimum atomic E-state index is -0.790. The molecule has 0 amide bonds. The summed E-state index contributed by atoms with van der Waals surface area (Å²) in [5, 5.41) is 37.3.